The predicted molar refractivity (Wildman–Crippen MR) is 255 cm³/mol. The van der Waals surface area contributed by atoms with Crippen molar-refractivity contribution in [2.45, 2.75) is 147 Å². The van der Waals surface area contributed by atoms with Crippen LogP contribution in [-0.2, 0) is 64.0 Å². The fraction of sp³-hybridized carbons (Fsp3) is 0.609. The van der Waals surface area contributed by atoms with E-state index in [2.05, 4.69) is 49.5 Å². The van der Waals surface area contributed by atoms with Gasteiger partial charge in [-0.25, -0.2) is 0 Å². The molecule has 1 aliphatic heterocycles. The molecule has 7 atom stereocenters. The summed E-state index contributed by atoms with van der Waals surface area (Å²) in [4.78, 5) is 159. The highest BCUT2D eigenvalue weighted by Gasteiger charge is 2.36. The summed E-state index contributed by atoms with van der Waals surface area (Å²) in [7, 11) is 1.19. The van der Waals surface area contributed by atoms with Crippen molar-refractivity contribution in [3.05, 3.63) is 29.8 Å². The van der Waals surface area contributed by atoms with Gasteiger partial charge in [0, 0.05) is 26.3 Å². The zero-order valence-electron chi connectivity index (χ0n) is 40.9. The Labute approximate surface area is 412 Å². The maximum absolute atomic E-state index is 14.1. The largest absolute Gasteiger partial charge is 0.508 e. The van der Waals surface area contributed by atoms with Gasteiger partial charge in [0.15, 0.2) is 0 Å². The van der Waals surface area contributed by atoms with Gasteiger partial charge >= 0.3 is 0 Å². The van der Waals surface area contributed by atoms with Crippen LogP contribution in [0.5, 0.6) is 5.75 Å². The van der Waals surface area contributed by atoms with Gasteiger partial charge in [0.2, 0.25) is 70.9 Å². The van der Waals surface area contributed by atoms with Crippen molar-refractivity contribution in [1.29, 1.82) is 0 Å². The second kappa shape index (κ2) is 31.0. The summed E-state index contributed by atoms with van der Waals surface area (Å²) in [6.07, 6.45) is 2.83. The number of nitrogens with one attached hydrogen (secondary N) is 8. The molecule has 1 aromatic carbocycles. The maximum Gasteiger partial charge on any atom is 0.245 e. The fourth-order valence-corrected chi connectivity index (χ4v) is 7.34. The van der Waals surface area contributed by atoms with Crippen molar-refractivity contribution >= 4 is 70.9 Å². The molecule has 1 saturated heterocycles. The number of unbranched alkanes of at least 4 members (excludes halogenated alkanes) is 5. The molecule has 0 saturated carbocycles. The van der Waals surface area contributed by atoms with Crippen LogP contribution in [0, 0.1) is 5.92 Å². The first-order valence-electron chi connectivity index (χ1n) is 23.8. The number of carbonyl (C=O) groups excluding carboxylic acids is 12. The standard InChI is InChI=1S/C46H72N12O13/c1-5-7-8-9-10-11-12-29(41(66)51-23-36(49)62)52-39(65)25-58(4)46(71)31-18-20-37(63)50-24-38(64)53-32(21-27-13-15-28(59)16-14-27)44(69)57-40(26(3)6-2)45(70)54-30(17-19-34(47)60)42(67)56-33(22-35(48)61)43(68)55-31/h13-16,26,29-33,40,59H,5-12,17-25H2,1-4H3,(H2,47,60)(H2,48,61)(H2,49,62)(H,50,63)(H,51,66)(H,52,65)(H,53,64)(H,54,70)(H,55,68)(H,56,67)(H,57,69)/t26-,29-,30-,31-,32-,33-,40-/m0/s1. The number of amides is 12. The first-order chi connectivity index (χ1) is 33.5. The topological polar surface area (TPSA) is 403 Å². The molecule has 25 nitrogen and oxygen atoms in total. The van der Waals surface area contributed by atoms with Gasteiger partial charge in [0.1, 0.15) is 42.0 Å². The van der Waals surface area contributed by atoms with Gasteiger partial charge < -0.3 is 69.7 Å². The maximum atomic E-state index is 14.1. The van der Waals surface area contributed by atoms with Crippen LogP contribution in [0.3, 0.4) is 0 Å². The highest BCUT2D eigenvalue weighted by atomic mass is 16.3. The van der Waals surface area contributed by atoms with E-state index in [9.17, 15) is 62.6 Å². The Morgan fingerprint density at radius 2 is 1.37 bits per heavy atom. The van der Waals surface area contributed by atoms with E-state index in [0.29, 0.717) is 18.4 Å². The van der Waals surface area contributed by atoms with Gasteiger partial charge in [-0.2, -0.15) is 0 Å². The van der Waals surface area contributed by atoms with Crippen LogP contribution in [-0.4, -0.2) is 144 Å². The predicted octanol–water partition coefficient (Wildman–Crippen LogP) is -3.25. The van der Waals surface area contributed by atoms with Crippen LogP contribution in [0.4, 0.5) is 0 Å². The number of aromatic hydroxyl groups is 1. The number of hydrogen-bond donors (Lipinski definition) is 12. The van der Waals surface area contributed by atoms with Crippen molar-refractivity contribution in [2.75, 3.05) is 26.7 Å². The Morgan fingerprint density at radius 3 is 1.99 bits per heavy atom. The molecule has 0 bridgehead atoms. The average molecular weight is 1000 g/mol. The second-order valence-electron chi connectivity index (χ2n) is 17.6. The average Bonchev–Trinajstić information content (AvgIpc) is 3.31. The smallest absolute Gasteiger partial charge is 0.245 e. The number of nitrogens with two attached hydrogens (primary N) is 3. The number of rotatable bonds is 23. The summed E-state index contributed by atoms with van der Waals surface area (Å²) < 4.78 is 0. The lowest BCUT2D eigenvalue weighted by Gasteiger charge is -2.29. The molecule has 0 radical (unpaired) electrons. The molecule has 1 aromatic rings. The van der Waals surface area contributed by atoms with Crippen molar-refractivity contribution in [2.24, 2.45) is 23.1 Å². The zero-order chi connectivity index (χ0) is 53.2. The SMILES string of the molecule is CCCCCCCC[C@H](NC(=O)CN(C)C(=O)[C@@H]1CCC(=O)NCC(=O)N[C@@H](Cc2ccc(O)cc2)C(=O)N[C@@H]([C@@H](C)CC)C(=O)N[C@@H](CCC(N)=O)C(=O)N[C@@H](CC(N)=O)C(=O)N1)C(=O)NCC(N)=O. The van der Waals surface area contributed by atoms with E-state index < -0.39 is 165 Å². The summed E-state index contributed by atoms with van der Waals surface area (Å²) in [5, 5.41) is 29.5. The van der Waals surface area contributed by atoms with Crippen molar-refractivity contribution in [3.8, 4) is 5.75 Å². The van der Waals surface area contributed by atoms with E-state index in [-0.39, 0.29) is 18.6 Å². The van der Waals surface area contributed by atoms with Gasteiger partial charge in [0.25, 0.3) is 0 Å². The highest BCUT2D eigenvalue weighted by molar-refractivity contribution is 5.99. The lowest BCUT2D eigenvalue weighted by Crippen LogP contribution is -2.61. The summed E-state index contributed by atoms with van der Waals surface area (Å²) in [6, 6.07) is -3.22. The molecule has 0 spiro atoms. The molecule has 71 heavy (non-hydrogen) atoms. The van der Waals surface area contributed by atoms with E-state index >= 15 is 0 Å². The molecule has 25 heteroatoms. The number of hydrogen-bond acceptors (Lipinski definition) is 13. The number of benzene rings is 1. The van der Waals surface area contributed by atoms with Gasteiger partial charge in [0.05, 0.1) is 26.1 Å². The Morgan fingerprint density at radius 1 is 0.746 bits per heavy atom. The van der Waals surface area contributed by atoms with Crippen LogP contribution in [0.15, 0.2) is 24.3 Å². The summed E-state index contributed by atoms with van der Waals surface area (Å²) in [5.41, 5.74) is 16.5. The summed E-state index contributed by atoms with van der Waals surface area (Å²) >= 11 is 0. The lowest BCUT2D eigenvalue weighted by atomic mass is 9.96. The van der Waals surface area contributed by atoms with Crippen LogP contribution in [0.25, 0.3) is 0 Å². The van der Waals surface area contributed by atoms with Crippen LogP contribution < -0.4 is 59.7 Å². The molecule has 12 amide bonds. The Bertz CT molecular complexity index is 2050. The number of nitrogens with zero attached hydrogens (tertiary/aromatic N) is 1. The van der Waals surface area contributed by atoms with Crippen molar-refractivity contribution in [1.82, 2.24) is 47.4 Å². The van der Waals surface area contributed by atoms with Crippen molar-refractivity contribution < 1.29 is 62.6 Å². The number of phenols is 1. The quantitative estimate of drug-likeness (QED) is 0.0480. The number of primary amides is 3. The van der Waals surface area contributed by atoms with Gasteiger partial charge in [-0.05, 0) is 42.9 Å². The molecule has 0 unspecified atom stereocenters. The van der Waals surface area contributed by atoms with E-state index in [1.807, 2.05) is 0 Å². The highest BCUT2D eigenvalue weighted by Crippen LogP contribution is 2.15. The van der Waals surface area contributed by atoms with Gasteiger partial charge in [-0.3, -0.25) is 57.5 Å². The summed E-state index contributed by atoms with van der Waals surface area (Å²) in [6.45, 7) is 3.55. The third kappa shape index (κ3) is 22.8. The third-order valence-corrected chi connectivity index (χ3v) is 11.6. The molecule has 1 fully saturated rings. The van der Waals surface area contributed by atoms with Crippen LogP contribution in [0.1, 0.15) is 110 Å². The number of phenolic OH excluding ortho intramolecular Hbond substituents is 1. The van der Waals surface area contributed by atoms with E-state index in [1.54, 1.807) is 13.8 Å². The van der Waals surface area contributed by atoms with E-state index in [4.69, 9.17) is 17.2 Å². The number of likely N-dealkylation sites (N-methyl/N-ethyl adjacent to an activating group) is 1. The Hall–Kier alpha value is -7.34. The number of carbonyl (C=O) groups is 12. The summed E-state index contributed by atoms with van der Waals surface area (Å²) in [5.74, 6) is -11.6. The lowest BCUT2D eigenvalue weighted by molar-refractivity contribution is -0.140. The zero-order valence-corrected chi connectivity index (χ0v) is 40.9. The molecule has 1 heterocycles. The Balaban J connectivity index is 2.55. The van der Waals surface area contributed by atoms with Gasteiger partial charge in [-0.15, -0.1) is 0 Å². The first kappa shape index (κ1) is 59.8. The fourth-order valence-electron chi connectivity index (χ4n) is 7.34. The van der Waals surface area contributed by atoms with Crippen molar-refractivity contribution in [3.63, 3.8) is 0 Å². The van der Waals surface area contributed by atoms with Crippen LogP contribution in [0.2, 0.25) is 0 Å². The molecule has 0 aliphatic carbocycles. The van der Waals surface area contributed by atoms with Crippen LogP contribution >= 0.6 is 0 Å². The minimum Gasteiger partial charge on any atom is -0.508 e. The minimum atomic E-state index is -1.83. The molecule has 394 valence electrons. The monoisotopic (exact) mass is 1000 g/mol. The Kier molecular flexibility index (Phi) is 26.1. The normalized spacial score (nSPS) is 20.5. The molecular formula is C46H72N12O13. The molecule has 1 aliphatic rings. The molecule has 2 rings (SSSR count). The molecular weight excluding hydrogens is 929 g/mol. The third-order valence-electron chi connectivity index (χ3n) is 11.6. The van der Waals surface area contributed by atoms with E-state index in [0.717, 1.165) is 37.0 Å². The molecule has 0 aromatic heterocycles. The van der Waals surface area contributed by atoms with E-state index in [1.165, 1.54) is 31.3 Å². The first-order valence-corrected chi connectivity index (χ1v) is 23.8. The molecule has 15 N–H and O–H groups in total. The van der Waals surface area contributed by atoms with Gasteiger partial charge in [-0.1, -0.05) is 77.8 Å². The second-order valence-corrected chi connectivity index (χ2v) is 17.6. The minimum absolute atomic E-state index is 0.0703.